The third kappa shape index (κ3) is 5.95. The van der Waals surface area contributed by atoms with E-state index in [1.54, 1.807) is 55.5 Å². The van der Waals surface area contributed by atoms with Gasteiger partial charge in [0.1, 0.15) is 24.7 Å². The molecule has 1 aliphatic heterocycles. The van der Waals surface area contributed by atoms with Gasteiger partial charge in [0.25, 0.3) is 11.1 Å². The van der Waals surface area contributed by atoms with Crippen molar-refractivity contribution in [3.05, 3.63) is 70.4 Å². The van der Waals surface area contributed by atoms with Crippen LogP contribution in [0, 0.1) is 5.82 Å². The van der Waals surface area contributed by atoms with Crippen LogP contribution >= 0.6 is 11.8 Å². The van der Waals surface area contributed by atoms with Crippen LogP contribution in [0.1, 0.15) is 31.4 Å². The lowest BCUT2D eigenvalue weighted by molar-refractivity contribution is -0.150. The molecule has 1 aliphatic rings. The maximum absolute atomic E-state index is 13.7. The fraction of sp³-hybridized carbons (Fsp3) is 0.261. The molecule has 0 unspecified atom stereocenters. The number of hydrogen-bond donors (Lipinski definition) is 0. The Labute approximate surface area is 184 Å². The molecule has 0 bridgehead atoms. The zero-order valence-electron chi connectivity index (χ0n) is 17.2. The summed E-state index contributed by atoms with van der Waals surface area (Å²) < 4.78 is 24.5. The monoisotopic (exact) mass is 443 g/mol. The molecule has 0 saturated carbocycles. The largest absolute Gasteiger partial charge is 0.489 e. The molecule has 3 rings (SSSR count). The molecule has 2 amide bonds. The van der Waals surface area contributed by atoms with Crippen molar-refractivity contribution in [2.45, 2.75) is 33.0 Å². The van der Waals surface area contributed by atoms with Crippen LogP contribution in [0.5, 0.6) is 5.75 Å². The third-order valence-electron chi connectivity index (χ3n) is 4.58. The first-order valence-corrected chi connectivity index (χ1v) is 10.6. The van der Waals surface area contributed by atoms with Crippen LogP contribution < -0.4 is 4.74 Å². The molecule has 162 valence electrons. The van der Waals surface area contributed by atoms with Crippen molar-refractivity contribution in [1.82, 2.24) is 4.90 Å². The number of halogens is 1. The molecule has 0 radical (unpaired) electrons. The highest BCUT2D eigenvalue weighted by molar-refractivity contribution is 8.18. The lowest BCUT2D eigenvalue weighted by Crippen LogP contribution is -2.35. The zero-order chi connectivity index (χ0) is 22.4. The first kappa shape index (κ1) is 22.6. The molecule has 1 saturated heterocycles. The van der Waals surface area contributed by atoms with Crippen LogP contribution in [0.15, 0.2) is 53.4 Å². The molecule has 0 N–H and O–H groups in total. The molecule has 2 aromatic carbocycles. The minimum absolute atomic E-state index is 0.0605. The first-order chi connectivity index (χ1) is 14.9. The Bertz CT molecular complexity index is 1020. The van der Waals surface area contributed by atoms with Crippen LogP contribution in [0.25, 0.3) is 6.08 Å². The molecule has 0 aliphatic carbocycles. The van der Waals surface area contributed by atoms with Gasteiger partial charge in [-0.15, -0.1) is 0 Å². The molecular formula is C23H22FNO5S. The fourth-order valence-corrected chi connectivity index (χ4v) is 3.57. The Morgan fingerprint density at radius 1 is 1.19 bits per heavy atom. The molecule has 8 heteroatoms. The Morgan fingerprint density at radius 2 is 1.97 bits per heavy atom. The summed E-state index contributed by atoms with van der Waals surface area (Å²) in [5, 5.41) is -0.524. The van der Waals surface area contributed by atoms with Gasteiger partial charge in [-0.2, -0.15) is 0 Å². The van der Waals surface area contributed by atoms with E-state index in [0.29, 0.717) is 23.3 Å². The summed E-state index contributed by atoms with van der Waals surface area (Å²) in [6.07, 6.45) is 1.92. The molecule has 0 spiro atoms. The van der Waals surface area contributed by atoms with Crippen molar-refractivity contribution in [2.24, 2.45) is 0 Å². The summed E-state index contributed by atoms with van der Waals surface area (Å²) in [5.74, 6) is -1.03. The van der Waals surface area contributed by atoms with Crippen molar-refractivity contribution in [3.8, 4) is 5.75 Å². The van der Waals surface area contributed by atoms with Crippen LogP contribution in [0.4, 0.5) is 9.18 Å². The number of carbonyl (C=O) groups is 3. The lowest BCUT2D eigenvalue weighted by atomic mass is 10.2. The number of benzene rings is 2. The van der Waals surface area contributed by atoms with Crippen molar-refractivity contribution >= 4 is 35.0 Å². The summed E-state index contributed by atoms with van der Waals surface area (Å²) in [7, 11) is 0. The quantitative estimate of drug-likeness (QED) is 0.432. The lowest BCUT2D eigenvalue weighted by Gasteiger charge is -2.14. The van der Waals surface area contributed by atoms with Gasteiger partial charge >= 0.3 is 5.97 Å². The van der Waals surface area contributed by atoms with Crippen LogP contribution in [0.3, 0.4) is 0 Å². The summed E-state index contributed by atoms with van der Waals surface area (Å²) >= 11 is 0.762. The van der Waals surface area contributed by atoms with Gasteiger partial charge in [0, 0.05) is 5.56 Å². The molecule has 0 aromatic heterocycles. The smallest absolute Gasteiger partial charge is 0.326 e. The van der Waals surface area contributed by atoms with Crippen LogP contribution in [-0.4, -0.2) is 34.7 Å². The highest BCUT2D eigenvalue weighted by Gasteiger charge is 2.36. The van der Waals surface area contributed by atoms with E-state index in [1.165, 1.54) is 6.07 Å². The molecule has 1 atom stereocenters. The minimum atomic E-state index is -0.624. The second-order valence-corrected chi connectivity index (χ2v) is 7.92. The topological polar surface area (TPSA) is 72.9 Å². The third-order valence-corrected chi connectivity index (χ3v) is 5.48. The number of carbonyl (C=O) groups excluding carboxylic acids is 3. The number of amides is 2. The second-order valence-electron chi connectivity index (χ2n) is 6.93. The van der Waals surface area contributed by atoms with Gasteiger partial charge in [0.05, 0.1) is 11.0 Å². The predicted octanol–water partition coefficient (Wildman–Crippen LogP) is 4.78. The van der Waals surface area contributed by atoms with E-state index in [9.17, 15) is 18.8 Å². The average Bonchev–Trinajstić information content (AvgIpc) is 3.00. The number of thioether (sulfide) groups is 1. The SMILES string of the molecule is CC[C@H](C)OC(=O)CN1C(=O)S/C(=C/c2cccc(OCc3ccccc3F)c2)C1=O. The van der Waals surface area contributed by atoms with Gasteiger partial charge in [-0.05, 0) is 54.9 Å². The summed E-state index contributed by atoms with van der Waals surface area (Å²) in [4.78, 5) is 37.8. The van der Waals surface area contributed by atoms with Gasteiger partial charge in [-0.25, -0.2) is 4.39 Å². The van der Waals surface area contributed by atoms with Crippen LogP contribution in [-0.2, 0) is 20.9 Å². The van der Waals surface area contributed by atoms with Gasteiger partial charge in [-0.1, -0.05) is 37.3 Å². The molecule has 2 aromatic rings. The average molecular weight is 443 g/mol. The van der Waals surface area contributed by atoms with Crippen molar-refractivity contribution in [2.75, 3.05) is 6.54 Å². The zero-order valence-corrected chi connectivity index (χ0v) is 18.0. The standard InChI is InChI=1S/C23H22FNO5S/c1-3-15(2)30-21(26)13-25-22(27)20(31-23(25)28)12-16-7-6-9-18(11-16)29-14-17-8-4-5-10-19(17)24/h4-12,15H,3,13-14H2,1-2H3/b20-12+/t15-/m0/s1. The van der Waals surface area contributed by atoms with Gasteiger partial charge in [0.2, 0.25) is 0 Å². The van der Waals surface area contributed by atoms with E-state index in [4.69, 9.17) is 9.47 Å². The number of ether oxygens (including phenoxy) is 2. The predicted molar refractivity (Wildman–Crippen MR) is 116 cm³/mol. The summed E-state index contributed by atoms with van der Waals surface area (Å²) in [6, 6.07) is 13.2. The van der Waals surface area contributed by atoms with E-state index in [2.05, 4.69) is 0 Å². The van der Waals surface area contributed by atoms with Crippen LogP contribution in [0.2, 0.25) is 0 Å². The first-order valence-electron chi connectivity index (χ1n) is 9.78. The summed E-state index contributed by atoms with van der Waals surface area (Å²) in [5.41, 5.74) is 1.07. The Kier molecular flexibility index (Phi) is 7.46. The molecule has 31 heavy (non-hydrogen) atoms. The number of rotatable bonds is 8. The molecule has 1 heterocycles. The second kappa shape index (κ2) is 10.3. The Hall–Kier alpha value is -3.13. The molecular weight excluding hydrogens is 421 g/mol. The normalized spacial score (nSPS) is 16.0. The minimum Gasteiger partial charge on any atom is -0.489 e. The van der Waals surface area contributed by atoms with Crippen molar-refractivity contribution < 1.29 is 28.2 Å². The highest BCUT2D eigenvalue weighted by atomic mass is 32.2. The van der Waals surface area contributed by atoms with Gasteiger partial charge in [-0.3, -0.25) is 19.3 Å². The van der Waals surface area contributed by atoms with E-state index < -0.39 is 23.7 Å². The van der Waals surface area contributed by atoms with E-state index in [0.717, 1.165) is 16.7 Å². The Balaban J connectivity index is 1.67. The highest BCUT2D eigenvalue weighted by Crippen LogP contribution is 2.32. The summed E-state index contributed by atoms with van der Waals surface area (Å²) in [6.45, 7) is 3.25. The number of esters is 1. The fourth-order valence-electron chi connectivity index (χ4n) is 2.73. The van der Waals surface area contributed by atoms with E-state index >= 15 is 0 Å². The van der Waals surface area contributed by atoms with Crippen molar-refractivity contribution in [1.29, 1.82) is 0 Å². The Morgan fingerprint density at radius 3 is 2.71 bits per heavy atom. The van der Waals surface area contributed by atoms with Gasteiger partial charge in [0.15, 0.2) is 0 Å². The molecule has 6 nitrogen and oxygen atoms in total. The van der Waals surface area contributed by atoms with Crippen molar-refractivity contribution in [3.63, 3.8) is 0 Å². The van der Waals surface area contributed by atoms with E-state index in [1.807, 2.05) is 6.92 Å². The number of hydrogen-bond acceptors (Lipinski definition) is 6. The number of nitrogens with zero attached hydrogens (tertiary/aromatic N) is 1. The maximum atomic E-state index is 13.7. The van der Waals surface area contributed by atoms with Gasteiger partial charge < -0.3 is 9.47 Å². The van der Waals surface area contributed by atoms with E-state index in [-0.39, 0.29) is 23.4 Å². The molecule has 1 fully saturated rings. The maximum Gasteiger partial charge on any atom is 0.326 e. The number of imide groups is 1.